The van der Waals surface area contributed by atoms with Crippen LogP contribution in [0.25, 0.3) is 17.0 Å². The van der Waals surface area contributed by atoms with Crippen LogP contribution in [0.15, 0.2) is 66.9 Å². The van der Waals surface area contributed by atoms with E-state index in [0.29, 0.717) is 12.5 Å². The molecule has 1 unspecified atom stereocenters. The van der Waals surface area contributed by atoms with Crippen LogP contribution in [0.3, 0.4) is 0 Å². The third kappa shape index (κ3) is 3.52. The molecule has 0 aliphatic heterocycles. The second-order valence-electron chi connectivity index (χ2n) is 6.79. The number of carbonyl (C=O) groups is 1. The molecule has 0 bridgehead atoms. The third-order valence-electron chi connectivity index (χ3n) is 5.09. The summed E-state index contributed by atoms with van der Waals surface area (Å²) in [6.07, 6.45) is 8.70. The van der Waals surface area contributed by atoms with Gasteiger partial charge < -0.3 is 5.32 Å². The van der Waals surface area contributed by atoms with Crippen molar-refractivity contribution in [3.05, 3.63) is 83.6 Å². The highest BCUT2D eigenvalue weighted by Crippen LogP contribution is 2.30. The Morgan fingerprint density at radius 3 is 2.96 bits per heavy atom. The molecule has 3 heteroatoms. The standard InChI is InChI=1S/C23H22N2O/c26-22(14-13-19-9-4-8-18-11-5-15-24-23(18)19)25-16-20-10-3-7-17-6-1-2-12-21(17)20/h1-2,4-6,8-9,11-15,20H,3,7,10,16H2,(H,25,26)/b14-13+. The number of nitrogens with one attached hydrogen (secondary N) is 1. The number of hydrogen-bond donors (Lipinski definition) is 1. The minimum atomic E-state index is -0.0546. The molecule has 1 aliphatic rings. The number of aryl methyl sites for hydroxylation is 1. The van der Waals surface area contributed by atoms with Gasteiger partial charge in [-0.2, -0.15) is 0 Å². The van der Waals surface area contributed by atoms with Gasteiger partial charge in [-0.3, -0.25) is 9.78 Å². The van der Waals surface area contributed by atoms with E-state index >= 15 is 0 Å². The van der Waals surface area contributed by atoms with Gasteiger partial charge in [-0.25, -0.2) is 0 Å². The molecule has 0 radical (unpaired) electrons. The lowest BCUT2D eigenvalue weighted by atomic mass is 9.83. The van der Waals surface area contributed by atoms with E-state index in [0.717, 1.165) is 29.3 Å². The van der Waals surface area contributed by atoms with Crippen LogP contribution in [-0.2, 0) is 11.2 Å². The number of amides is 1. The average molecular weight is 342 g/mol. The molecule has 4 rings (SSSR count). The zero-order chi connectivity index (χ0) is 17.8. The van der Waals surface area contributed by atoms with Crippen LogP contribution in [0, 0.1) is 0 Å². The predicted octanol–water partition coefficient (Wildman–Crippen LogP) is 4.48. The normalized spacial score (nSPS) is 16.5. The average Bonchev–Trinajstić information content (AvgIpc) is 2.70. The van der Waals surface area contributed by atoms with Crippen molar-refractivity contribution in [1.29, 1.82) is 0 Å². The number of rotatable bonds is 4. The van der Waals surface area contributed by atoms with Crippen LogP contribution < -0.4 is 5.32 Å². The molecule has 1 amide bonds. The van der Waals surface area contributed by atoms with Gasteiger partial charge in [0.2, 0.25) is 5.91 Å². The Hall–Kier alpha value is -2.94. The van der Waals surface area contributed by atoms with Crippen LogP contribution in [-0.4, -0.2) is 17.4 Å². The molecule has 1 atom stereocenters. The minimum Gasteiger partial charge on any atom is -0.352 e. The van der Waals surface area contributed by atoms with E-state index in [-0.39, 0.29) is 5.91 Å². The second kappa shape index (κ2) is 7.52. The van der Waals surface area contributed by atoms with Gasteiger partial charge in [0.05, 0.1) is 5.52 Å². The molecule has 1 aliphatic carbocycles. The molecule has 2 aromatic carbocycles. The number of para-hydroxylation sites is 1. The molecule has 0 saturated heterocycles. The van der Waals surface area contributed by atoms with Crippen molar-refractivity contribution in [1.82, 2.24) is 10.3 Å². The summed E-state index contributed by atoms with van der Waals surface area (Å²) in [4.78, 5) is 16.7. The molecule has 1 heterocycles. The van der Waals surface area contributed by atoms with Gasteiger partial charge in [0.15, 0.2) is 0 Å². The van der Waals surface area contributed by atoms with Gasteiger partial charge in [0.25, 0.3) is 0 Å². The second-order valence-corrected chi connectivity index (χ2v) is 6.79. The fraction of sp³-hybridized carbons (Fsp3) is 0.217. The van der Waals surface area contributed by atoms with Crippen LogP contribution in [0.4, 0.5) is 0 Å². The Balaban J connectivity index is 1.42. The summed E-state index contributed by atoms with van der Waals surface area (Å²) < 4.78 is 0. The van der Waals surface area contributed by atoms with Crippen molar-refractivity contribution in [3.63, 3.8) is 0 Å². The van der Waals surface area contributed by atoms with Gasteiger partial charge in [-0.1, -0.05) is 48.5 Å². The lowest BCUT2D eigenvalue weighted by Gasteiger charge is -2.25. The fourth-order valence-corrected chi connectivity index (χ4v) is 3.78. The van der Waals surface area contributed by atoms with E-state index in [1.807, 2.05) is 36.4 Å². The lowest BCUT2D eigenvalue weighted by molar-refractivity contribution is -0.116. The summed E-state index contributed by atoms with van der Waals surface area (Å²) in [5.41, 5.74) is 4.69. The van der Waals surface area contributed by atoms with Crippen molar-refractivity contribution in [2.75, 3.05) is 6.54 Å². The van der Waals surface area contributed by atoms with Gasteiger partial charge in [0.1, 0.15) is 0 Å². The highest BCUT2D eigenvalue weighted by atomic mass is 16.1. The first-order valence-corrected chi connectivity index (χ1v) is 9.19. The summed E-state index contributed by atoms with van der Waals surface area (Å²) in [7, 11) is 0. The van der Waals surface area contributed by atoms with Gasteiger partial charge in [-0.15, -0.1) is 0 Å². The van der Waals surface area contributed by atoms with Crippen molar-refractivity contribution in [2.24, 2.45) is 0 Å². The Bertz CT molecular complexity index is 956. The predicted molar refractivity (Wildman–Crippen MR) is 106 cm³/mol. The molecular formula is C23H22N2O. The van der Waals surface area contributed by atoms with Gasteiger partial charge >= 0.3 is 0 Å². The maximum atomic E-state index is 12.3. The van der Waals surface area contributed by atoms with Gasteiger partial charge in [-0.05, 0) is 42.5 Å². The molecule has 0 fully saturated rings. The molecule has 130 valence electrons. The monoisotopic (exact) mass is 342 g/mol. The molecule has 3 aromatic rings. The van der Waals surface area contributed by atoms with E-state index in [1.54, 1.807) is 12.3 Å². The third-order valence-corrected chi connectivity index (χ3v) is 5.09. The van der Waals surface area contributed by atoms with Crippen molar-refractivity contribution in [3.8, 4) is 0 Å². The van der Waals surface area contributed by atoms with E-state index in [4.69, 9.17) is 0 Å². The van der Waals surface area contributed by atoms with E-state index in [9.17, 15) is 4.79 Å². The maximum Gasteiger partial charge on any atom is 0.244 e. The fourth-order valence-electron chi connectivity index (χ4n) is 3.78. The maximum absolute atomic E-state index is 12.3. The van der Waals surface area contributed by atoms with Crippen LogP contribution in [0.2, 0.25) is 0 Å². The molecule has 3 nitrogen and oxygen atoms in total. The minimum absolute atomic E-state index is 0.0546. The smallest absolute Gasteiger partial charge is 0.244 e. The quantitative estimate of drug-likeness (QED) is 0.710. The molecule has 0 saturated carbocycles. The number of pyridine rings is 1. The van der Waals surface area contributed by atoms with Crippen LogP contribution in [0.1, 0.15) is 35.4 Å². The first kappa shape index (κ1) is 16.5. The molecular weight excluding hydrogens is 320 g/mol. The topological polar surface area (TPSA) is 42.0 Å². The van der Waals surface area contributed by atoms with Crippen LogP contribution in [0.5, 0.6) is 0 Å². The summed E-state index contributed by atoms with van der Waals surface area (Å²) in [6, 6.07) is 18.5. The largest absolute Gasteiger partial charge is 0.352 e. The Morgan fingerprint density at radius 2 is 2.00 bits per heavy atom. The zero-order valence-electron chi connectivity index (χ0n) is 14.7. The van der Waals surface area contributed by atoms with Crippen molar-refractivity contribution < 1.29 is 4.79 Å². The van der Waals surface area contributed by atoms with E-state index in [1.165, 1.54) is 17.5 Å². The molecule has 0 spiro atoms. The van der Waals surface area contributed by atoms with E-state index in [2.05, 4.69) is 34.6 Å². The summed E-state index contributed by atoms with van der Waals surface area (Å²) in [5, 5.41) is 4.14. The van der Waals surface area contributed by atoms with Crippen LogP contribution >= 0.6 is 0 Å². The first-order valence-electron chi connectivity index (χ1n) is 9.19. The molecule has 1 aromatic heterocycles. The number of fused-ring (bicyclic) bond motifs is 2. The Kier molecular flexibility index (Phi) is 4.78. The summed E-state index contributed by atoms with van der Waals surface area (Å²) >= 11 is 0. The highest BCUT2D eigenvalue weighted by molar-refractivity contribution is 5.95. The number of hydrogen-bond acceptors (Lipinski definition) is 2. The zero-order valence-corrected chi connectivity index (χ0v) is 14.7. The number of nitrogens with zero attached hydrogens (tertiary/aromatic N) is 1. The highest BCUT2D eigenvalue weighted by Gasteiger charge is 2.19. The first-order chi connectivity index (χ1) is 12.8. The van der Waals surface area contributed by atoms with Crippen molar-refractivity contribution >= 4 is 22.9 Å². The number of carbonyl (C=O) groups excluding carboxylic acids is 1. The molecule has 26 heavy (non-hydrogen) atoms. The number of aromatic nitrogens is 1. The SMILES string of the molecule is O=C(/C=C/c1cccc2cccnc12)NCC1CCCc2ccccc21. The summed E-state index contributed by atoms with van der Waals surface area (Å²) in [6.45, 7) is 0.688. The Labute approximate surface area is 153 Å². The Morgan fingerprint density at radius 1 is 1.12 bits per heavy atom. The summed E-state index contributed by atoms with van der Waals surface area (Å²) in [5.74, 6) is 0.359. The van der Waals surface area contributed by atoms with Crippen molar-refractivity contribution in [2.45, 2.75) is 25.2 Å². The van der Waals surface area contributed by atoms with E-state index < -0.39 is 0 Å². The molecule has 1 N–H and O–H groups in total. The number of benzene rings is 2. The lowest BCUT2D eigenvalue weighted by Crippen LogP contribution is -2.28. The van der Waals surface area contributed by atoms with Gasteiger partial charge in [0, 0.05) is 35.7 Å².